The van der Waals surface area contributed by atoms with Gasteiger partial charge in [0.25, 0.3) is 0 Å². The molecule has 0 aliphatic carbocycles. The number of hydrogen-bond acceptors (Lipinski definition) is 3. The van der Waals surface area contributed by atoms with Gasteiger partial charge in [0.2, 0.25) is 5.91 Å². The number of anilines is 1. The lowest BCUT2D eigenvalue weighted by atomic mass is 10.2. The molecule has 0 atom stereocenters. The maximum absolute atomic E-state index is 11.9. The first-order valence-corrected chi connectivity index (χ1v) is 7.88. The van der Waals surface area contributed by atoms with Crippen molar-refractivity contribution in [1.29, 1.82) is 0 Å². The van der Waals surface area contributed by atoms with E-state index in [1.807, 2.05) is 12.1 Å². The number of benzene rings is 1. The molecule has 0 unspecified atom stereocenters. The minimum atomic E-state index is -3.44. The number of hydrogen-bond donors (Lipinski definition) is 1. The first-order chi connectivity index (χ1) is 7.64. The Kier molecular flexibility index (Phi) is 4.19. The van der Waals surface area contributed by atoms with Gasteiger partial charge in [0.05, 0.1) is 0 Å². The van der Waals surface area contributed by atoms with E-state index in [1.54, 1.807) is 12.1 Å². The summed E-state index contributed by atoms with van der Waals surface area (Å²) in [6.45, 7) is 2.79. The van der Waals surface area contributed by atoms with Crippen molar-refractivity contribution in [3.63, 3.8) is 0 Å². The Hall–Kier alpha value is -0.630. The third-order valence-corrected chi connectivity index (χ3v) is 5.33. The van der Waals surface area contributed by atoms with Crippen LogP contribution in [0.3, 0.4) is 0 Å². The van der Waals surface area contributed by atoms with Crippen molar-refractivity contribution in [2.45, 2.75) is 18.6 Å². The summed E-state index contributed by atoms with van der Waals surface area (Å²) in [5.41, 5.74) is 0.590. The van der Waals surface area contributed by atoms with E-state index in [0.29, 0.717) is 5.69 Å². The van der Waals surface area contributed by atoms with Crippen LogP contribution in [0.5, 0.6) is 0 Å². The zero-order valence-corrected chi connectivity index (χ0v) is 12.8. The van der Waals surface area contributed by atoms with Crippen molar-refractivity contribution in [3.05, 3.63) is 27.8 Å². The quantitative estimate of drug-likeness (QED) is 0.832. The zero-order valence-electron chi connectivity index (χ0n) is 9.82. The molecule has 1 N–H and O–H groups in total. The van der Waals surface area contributed by atoms with Crippen LogP contribution in [-0.2, 0) is 14.6 Å². The van der Waals surface area contributed by atoms with Crippen LogP contribution in [0.4, 0.5) is 5.69 Å². The summed E-state index contributed by atoms with van der Waals surface area (Å²) in [6.07, 6.45) is 1.06. The molecule has 6 heteroatoms. The molecule has 0 radical (unpaired) electrons. The average molecular weight is 367 g/mol. The predicted octanol–water partition coefficient (Wildman–Crippen LogP) is 2.05. The van der Waals surface area contributed by atoms with Gasteiger partial charge in [-0.15, -0.1) is 0 Å². The Bertz CT molecular complexity index is 520. The van der Waals surface area contributed by atoms with Gasteiger partial charge in [-0.1, -0.05) is 0 Å². The fourth-order valence-electron chi connectivity index (χ4n) is 0.983. The monoisotopic (exact) mass is 367 g/mol. The average Bonchev–Trinajstić information content (AvgIpc) is 2.19. The molecule has 0 fully saturated rings. The first-order valence-electron chi connectivity index (χ1n) is 4.91. The van der Waals surface area contributed by atoms with Crippen molar-refractivity contribution in [3.8, 4) is 0 Å². The number of carbonyl (C=O) groups is 1. The molecule has 0 spiro atoms. The molecule has 1 aromatic rings. The van der Waals surface area contributed by atoms with Crippen molar-refractivity contribution in [1.82, 2.24) is 0 Å². The molecule has 0 aromatic heterocycles. The first kappa shape index (κ1) is 14.4. The van der Waals surface area contributed by atoms with Gasteiger partial charge in [0.15, 0.2) is 9.84 Å². The lowest BCUT2D eigenvalue weighted by molar-refractivity contribution is -0.117. The van der Waals surface area contributed by atoms with Gasteiger partial charge in [-0.25, -0.2) is 8.42 Å². The highest BCUT2D eigenvalue weighted by atomic mass is 127. The summed E-state index contributed by atoms with van der Waals surface area (Å²) >= 11 is 2.15. The summed E-state index contributed by atoms with van der Waals surface area (Å²) in [5.74, 6) is -0.527. The smallest absolute Gasteiger partial charge is 0.245 e. The van der Waals surface area contributed by atoms with E-state index >= 15 is 0 Å². The van der Waals surface area contributed by atoms with Gasteiger partial charge >= 0.3 is 0 Å². The van der Waals surface area contributed by atoms with E-state index in [0.717, 1.165) is 9.83 Å². The fourth-order valence-corrected chi connectivity index (χ4v) is 1.73. The van der Waals surface area contributed by atoms with Gasteiger partial charge in [-0.3, -0.25) is 4.79 Å². The van der Waals surface area contributed by atoms with Crippen LogP contribution in [0.15, 0.2) is 24.3 Å². The lowest BCUT2D eigenvalue weighted by Gasteiger charge is -2.21. The Balaban J connectivity index is 2.90. The molecule has 0 saturated carbocycles. The molecule has 94 valence electrons. The van der Waals surface area contributed by atoms with Gasteiger partial charge in [0, 0.05) is 15.5 Å². The van der Waals surface area contributed by atoms with Crippen LogP contribution in [0.25, 0.3) is 0 Å². The van der Waals surface area contributed by atoms with Crippen molar-refractivity contribution in [2.24, 2.45) is 0 Å². The van der Waals surface area contributed by atoms with Gasteiger partial charge < -0.3 is 5.32 Å². The topological polar surface area (TPSA) is 63.2 Å². The number of rotatable bonds is 3. The van der Waals surface area contributed by atoms with Crippen LogP contribution in [-0.4, -0.2) is 25.3 Å². The van der Waals surface area contributed by atoms with Crippen LogP contribution >= 0.6 is 22.6 Å². The summed E-state index contributed by atoms with van der Waals surface area (Å²) in [5, 5.41) is 2.59. The Morgan fingerprint density at radius 1 is 1.24 bits per heavy atom. The third-order valence-electron chi connectivity index (χ3n) is 2.58. The predicted molar refractivity (Wildman–Crippen MR) is 76.7 cm³/mol. The van der Waals surface area contributed by atoms with E-state index in [4.69, 9.17) is 0 Å². The second-order valence-corrected chi connectivity index (χ2v) is 8.05. The lowest BCUT2D eigenvalue weighted by Crippen LogP contribution is -2.43. The highest BCUT2D eigenvalue weighted by Gasteiger charge is 2.38. The molecular weight excluding hydrogens is 353 g/mol. The summed E-state index contributed by atoms with van der Waals surface area (Å²) < 4.78 is 22.6. The Labute approximate surface area is 115 Å². The standard InChI is InChI=1S/C11H14INO3S/c1-11(2,17(3,15)16)10(14)13-9-6-4-8(12)5-7-9/h4-7H,1-3H3,(H,13,14). The minimum Gasteiger partial charge on any atom is -0.325 e. The molecule has 0 heterocycles. The van der Waals surface area contributed by atoms with Crippen molar-refractivity contribution >= 4 is 44.0 Å². The zero-order chi connectivity index (χ0) is 13.3. The second-order valence-electron chi connectivity index (χ2n) is 4.24. The van der Waals surface area contributed by atoms with Crippen LogP contribution in [0.1, 0.15) is 13.8 Å². The molecule has 0 aliphatic rings. The normalized spacial score (nSPS) is 12.2. The SMILES string of the molecule is CC(C)(C(=O)Nc1ccc(I)cc1)S(C)(=O)=O. The second kappa shape index (κ2) is 4.93. The van der Waals surface area contributed by atoms with E-state index in [1.165, 1.54) is 13.8 Å². The molecule has 0 aliphatic heterocycles. The highest BCUT2D eigenvalue weighted by molar-refractivity contribution is 14.1. The molecule has 1 amide bonds. The number of halogens is 1. The molecule has 17 heavy (non-hydrogen) atoms. The van der Waals surface area contributed by atoms with E-state index < -0.39 is 20.5 Å². The third kappa shape index (κ3) is 3.41. The Morgan fingerprint density at radius 2 is 1.71 bits per heavy atom. The van der Waals surface area contributed by atoms with E-state index in [-0.39, 0.29) is 0 Å². The molecule has 1 aromatic carbocycles. The van der Waals surface area contributed by atoms with Gasteiger partial charge in [-0.2, -0.15) is 0 Å². The van der Waals surface area contributed by atoms with Crippen molar-refractivity contribution < 1.29 is 13.2 Å². The van der Waals surface area contributed by atoms with Crippen molar-refractivity contribution in [2.75, 3.05) is 11.6 Å². The maximum Gasteiger partial charge on any atom is 0.245 e. The molecule has 0 saturated heterocycles. The van der Waals surface area contributed by atoms with E-state index in [2.05, 4.69) is 27.9 Å². The molecule has 1 rings (SSSR count). The van der Waals surface area contributed by atoms with Gasteiger partial charge in [-0.05, 0) is 60.7 Å². The number of sulfone groups is 1. The number of nitrogens with one attached hydrogen (secondary N) is 1. The molecular formula is C11H14INO3S. The van der Waals surface area contributed by atoms with Gasteiger partial charge in [0.1, 0.15) is 4.75 Å². The van der Waals surface area contributed by atoms with E-state index in [9.17, 15) is 13.2 Å². The van der Waals surface area contributed by atoms with Crippen LogP contribution in [0, 0.1) is 3.57 Å². The maximum atomic E-state index is 11.9. The minimum absolute atomic E-state index is 0.527. The summed E-state index contributed by atoms with van der Waals surface area (Å²) in [6, 6.07) is 7.14. The molecule has 4 nitrogen and oxygen atoms in total. The summed E-state index contributed by atoms with van der Waals surface area (Å²) in [7, 11) is -3.44. The number of amides is 1. The Morgan fingerprint density at radius 3 is 2.12 bits per heavy atom. The number of carbonyl (C=O) groups excluding carboxylic acids is 1. The van der Waals surface area contributed by atoms with Crippen LogP contribution in [0.2, 0.25) is 0 Å². The summed E-state index contributed by atoms with van der Waals surface area (Å²) in [4.78, 5) is 11.9. The fraction of sp³-hybridized carbons (Fsp3) is 0.364. The largest absolute Gasteiger partial charge is 0.325 e. The molecule has 0 bridgehead atoms. The highest BCUT2D eigenvalue weighted by Crippen LogP contribution is 2.19. The van der Waals surface area contributed by atoms with Crippen LogP contribution < -0.4 is 5.32 Å².